The summed E-state index contributed by atoms with van der Waals surface area (Å²) in [5.74, 6) is -0.116. The second-order valence-electron chi connectivity index (χ2n) is 4.20. The van der Waals surface area contributed by atoms with Gasteiger partial charge in [0.05, 0.1) is 6.61 Å². The molecule has 1 unspecified atom stereocenters. The van der Waals surface area contributed by atoms with E-state index in [4.69, 9.17) is 4.74 Å². The first kappa shape index (κ1) is 14.6. The molecular weight excluding hydrogens is 233 g/mol. The first-order chi connectivity index (χ1) is 8.67. The number of hydrogen-bond acceptors (Lipinski definition) is 2. The predicted molar refractivity (Wildman–Crippen MR) is 68.9 cm³/mol. The van der Waals surface area contributed by atoms with Gasteiger partial charge in [0.25, 0.3) is 0 Å². The fourth-order valence-electron chi connectivity index (χ4n) is 1.82. The molecule has 0 aliphatic rings. The van der Waals surface area contributed by atoms with Crippen LogP contribution in [0.1, 0.15) is 31.2 Å². The van der Waals surface area contributed by atoms with E-state index in [1.165, 1.54) is 12.1 Å². The molecule has 0 aliphatic carbocycles. The smallest absolute Gasteiger partial charge is 0.220 e. The Morgan fingerprint density at radius 1 is 1.39 bits per heavy atom. The number of benzene rings is 1. The van der Waals surface area contributed by atoms with Gasteiger partial charge in [-0.05, 0) is 30.0 Å². The lowest BCUT2D eigenvalue weighted by atomic mass is 9.93. The minimum absolute atomic E-state index is 0.00299. The van der Waals surface area contributed by atoms with Gasteiger partial charge in [-0.15, -0.1) is 0 Å². The molecule has 0 aromatic heterocycles. The van der Waals surface area contributed by atoms with Crippen molar-refractivity contribution in [1.29, 1.82) is 0 Å². The topological polar surface area (TPSA) is 38.3 Å². The monoisotopic (exact) mass is 253 g/mol. The van der Waals surface area contributed by atoms with Gasteiger partial charge in [0.1, 0.15) is 5.82 Å². The molecule has 0 heterocycles. The van der Waals surface area contributed by atoms with Crippen molar-refractivity contribution in [3.63, 3.8) is 0 Å². The highest BCUT2D eigenvalue weighted by Crippen LogP contribution is 2.23. The fourth-order valence-corrected chi connectivity index (χ4v) is 1.82. The average molecular weight is 253 g/mol. The van der Waals surface area contributed by atoms with E-state index in [0.29, 0.717) is 19.6 Å². The highest BCUT2D eigenvalue weighted by Gasteiger charge is 2.13. The molecule has 1 aromatic carbocycles. The van der Waals surface area contributed by atoms with Gasteiger partial charge in [0.2, 0.25) is 5.91 Å². The molecule has 1 aromatic rings. The number of amides is 1. The van der Waals surface area contributed by atoms with Crippen molar-refractivity contribution in [2.75, 3.05) is 20.3 Å². The summed E-state index contributed by atoms with van der Waals surface area (Å²) in [6, 6.07) is 6.35. The van der Waals surface area contributed by atoms with Gasteiger partial charge in [-0.1, -0.05) is 19.1 Å². The Morgan fingerprint density at radius 3 is 2.61 bits per heavy atom. The molecule has 0 fully saturated rings. The third-order valence-corrected chi connectivity index (χ3v) is 2.89. The van der Waals surface area contributed by atoms with Gasteiger partial charge in [-0.25, -0.2) is 4.39 Å². The minimum Gasteiger partial charge on any atom is -0.383 e. The average Bonchev–Trinajstić information content (AvgIpc) is 2.37. The Kier molecular flexibility index (Phi) is 6.36. The number of methoxy groups -OCH3 is 1. The van der Waals surface area contributed by atoms with E-state index in [1.807, 2.05) is 6.92 Å². The molecule has 1 N–H and O–H groups in total. The third kappa shape index (κ3) is 4.84. The quantitative estimate of drug-likeness (QED) is 0.758. The summed E-state index contributed by atoms with van der Waals surface area (Å²) in [5.41, 5.74) is 1.00. The van der Waals surface area contributed by atoms with Crippen LogP contribution in [0.15, 0.2) is 24.3 Å². The second-order valence-corrected chi connectivity index (χ2v) is 4.20. The molecule has 0 radical (unpaired) electrons. The van der Waals surface area contributed by atoms with E-state index in [-0.39, 0.29) is 17.6 Å². The summed E-state index contributed by atoms with van der Waals surface area (Å²) in [7, 11) is 1.60. The third-order valence-electron chi connectivity index (χ3n) is 2.89. The van der Waals surface area contributed by atoms with E-state index >= 15 is 0 Å². The SMILES string of the molecule is CCC(CC(=O)NCCOC)c1ccc(F)cc1. The molecule has 0 spiro atoms. The molecule has 18 heavy (non-hydrogen) atoms. The summed E-state index contributed by atoms with van der Waals surface area (Å²) in [4.78, 5) is 11.7. The molecule has 0 saturated heterocycles. The largest absolute Gasteiger partial charge is 0.383 e. The normalized spacial score (nSPS) is 12.2. The van der Waals surface area contributed by atoms with Gasteiger partial charge in [0.15, 0.2) is 0 Å². The maximum absolute atomic E-state index is 12.8. The molecule has 4 heteroatoms. The van der Waals surface area contributed by atoms with Crippen molar-refractivity contribution in [2.24, 2.45) is 0 Å². The molecule has 3 nitrogen and oxygen atoms in total. The maximum atomic E-state index is 12.8. The van der Waals surface area contributed by atoms with Crippen LogP contribution < -0.4 is 5.32 Å². The molecule has 0 bridgehead atoms. The number of halogens is 1. The van der Waals surface area contributed by atoms with Crippen molar-refractivity contribution in [3.8, 4) is 0 Å². The van der Waals surface area contributed by atoms with Crippen LogP contribution in [0.5, 0.6) is 0 Å². The van der Waals surface area contributed by atoms with E-state index in [0.717, 1.165) is 12.0 Å². The van der Waals surface area contributed by atoms with Gasteiger partial charge in [-0.3, -0.25) is 4.79 Å². The Labute approximate surface area is 107 Å². The lowest BCUT2D eigenvalue weighted by Gasteiger charge is -2.15. The zero-order valence-electron chi connectivity index (χ0n) is 10.9. The number of ether oxygens (including phenoxy) is 1. The molecular formula is C14H20FNO2. The number of nitrogens with one attached hydrogen (secondary N) is 1. The summed E-state index contributed by atoms with van der Waals surface area (Å²) >= 11 is 0. The summed E-state index contributed by atoms with van der Waals surface area (Å²) in [6.45, 7) is 3.06. The van der Waals surface area contributed by atoms with E-state index < -0.39 is 0 Å². The minimum atomic E-state index is -0.252. The number of hydrogen-bond donors (Lipinski definition) is 1. The first-order valence-electron chi connectivity index (χ1n) is 6.18. The standard InChI is InChI=1S/C14H20FNO2/c1-3-11(10-14(17)16-8-9-18-2)12-4-6-13(15)7-5-12/h4-7,11H,3,8-10H2,1-2H3,(H,16,17). The molecule has 0 aliphatic heterocycles. The first-order valence-corrected chi connectivity index (χ1v) is 6.18. The second kappa shape index (κ2) is 7.82. The predicted octanol–water partition coefficient (Wildman–Crippen LogP) is 2.47. The van der Waals surface area contributed by atoms with Crippen LogP contribution in [0.25, 0.3) is 0 Å². The van der Waals surface area contributed by atoms with Gasteiger partial charge < -0.3 is 10.1 Å². The summed E-state index contributed by atoms with van der Waals surface area (Å²) in [5, 5.41) is 2.79. The molecule has 1 atom stereocenters. The van der Waals surface area contributed by atoms with Crippen LogP contribution in [0.4, 0.5) is 4.39 Å². The zero-order valence-corrected chi connectivity index (χ0v) is 10.9. The lowest BCUT2D eigenvalue weighted by molar-refractivity contribution is -0.121. The van der Waals surface area contributed by atoms with Crippen LogP contribution in [-0.2, 0) is 9.53 Å². The summed E-state index contributed by atoms with van der Waals surface area (Å²) in [6.07, 6.45) is 1.27. The van der Waals surface area contributed by atoms with Crippen LogP contribution in [-0.4, -0.2) is 26.2 Å². The van der Waals surface area contributed by atoms with Gasteiger partial charge in [0, 0.05) is 20.1 Å². The number of carbonyl (C=O) groups is 1. The summed E-state index contributed by atoms with van der Waals surface area (Å²) < 4.78 is 17.7. The molecule has 1 rings (SSSR count). The Balaban J connectivity index is 2.51. The van der Waals surface area contributed by atoms with Crippen LogP contribution >= 0.6 is 0 Å². The number of rotatable bonds is 7. The highest BCUT2D eigenvalue weighted by atomic mass is 19.1. The van der Waals surface area contributed by atoms with Crippen LogP contribution in [0.2, 0.25) is 0 Å². The molecule has 0 saturated carbocycles. The zero-order chi connectivity index (χ0) is 13.4. The van der Waals surface area contributed by atoms with Crippen molar-refractivity contribution in [1.82, 2.24) is 5.32 Å². The van der Waals surface area contributed by atoms with Crippen molar-refractivity contribution < 1.29 is 13.9 Å². The maximum Gasteiger partial charge on any atom is 0.220 e. The highest BCUT2D eigenvalue weighted by molar-refractivity contribution is 5.76. The van der Waals surface area contributed by atoms with Crippen molar-refractivity contribution in [2.45, 2.75) is 25.7 Å². The van der Waals surface area contributed by atoms with Crippen LogP contribution in [0, 0.1) is 5.82 Å². The van der Waals surface area contributed by atoms with Crippen molar-refractivity contribution >= 4 is 5.91 Å². The van der Waals surface area contributed by atoms with Crippen LogP contribution in [0.3, 0.4) is 0 Å². The van der Waals surface area contributed by atoms with E-state index in [1.54, 1.807) is 19.2 Å². The molecule has 100 valence electrons. The van der Waals surface area contributed by atoms with Gasteiger partial charge >= 0.3 is 0 Å². The Bertz CT molecular complexity index is 365. The van der Waals surface area contributed by atoms with E-state index in [2.05, 4.69) is 5.32 Å². The molecule has 1 amide bonds. The Hall–Kier alpha value is -1.42. The van der Waals surface area contributed by atoms with Gasteiger partial charge in [-0.2, -0.15) is 0 Å². The number of carbonyl (C=O) groups excluding carboxylic acids is 1. The van der Waals surface area contributed by atoms with E-state index in [9.17, 15) is 9.18 Å². The fraction of sp³-hybridized carbons (Fsp3) is 0.500. The Morgan fingerprint density at radius 2 is 2.06 bits per heavy atom. The lowest BCUT2D eigenvalue weighted by Crippen LogP contribution is -2.28. The van der Waals surface area contributed by atoms with Crippen molar-refractivity contribution in [3.05, 3.63) is 35.6 Å².